The van der Waals surface area contributed by atoms with E-state index in [9.17, 15) is 14.4 Å². The molecule has 0 unspecified atom stereocenters. The molecule has 1 saturated heterocycles. The van der Waals surface area contributed by atoms with Gasteiger partial charge >= 0.3 is 5.97 Å². The first-order chi connectivity index (χ1) is 15.8. The molecule has 3 rings (SSSR count). The van der Waals surface area contributed by atoms with Crippen molar-refractivity contribution in [3.8, 4) is 11.5 Å². The minimum absolute atomic E-state index is 0.158. The van der Waals surface area contributed by atoms with Crippen LogP contribution in [0.1, 0.15) is 25.0 Å². The summed E-state index contributed by atoms with van der Waals surface area (Å²) in [6.45, 7) is 4.06. The van der Waals surface area contributed by atoms with Gasteiger partial charge in [0.1, 0.15) is 0 Å². The van der Waals surface area contributed by atoms with Crippen LogP contribution in [-0.4, -0.2) is 41.8 Å². The van der Waals surface area contributed by atoms with Gasteiger partial charge in [0.2, 0.25) is 0 Å². The summed E-state index contributed by atoms with van der Waals surface area (Å²) in [7, 11) is 0. The Kier molecular flexibility index (Phi) is 8.82. The molecule has 2 aromatic carbocycles. The average molecular weight is 555 g/mol. The Morgan fingerprint density at radius 2 is 1.79 bits per heavy atom. The normalized spacial score (nSPS) is 14.7. The fraction of sp³-hybridized carbons (Fsp3) is 0.261. The zero-order valence-electron chi connectivity index (χ0n) is 17.9. The van der Waals surface area contributed by atoms with Crippen LogP contribution in [0, 0.1) is 0 Å². The minimum atomic E-state index is -0.491. The molecule has 0 spiro atoms. The lowest BCUT2D eigenvalue weighted by Crippen LogP contribution is -2.27. The first-order valence-corrected chi connectivity index (χ1v) is 12.1. The van der Waals surface area contributed by atoms with Crippen LogP contribution in [-0.2, 0) is 20.9 Å². The molecule has 0 aliphatic carbocycles. The number of benzene rings is 2. The fourth-order valence-electron chi connectivity index (χ4n) is 2.93. The second-order valence-corrected chi connectivity index (χ2v) is 9.03. The van der Waals surface area contributed by atoms with E-state index in [1.165, 1.54) is 4.90 Å². The predicted molar refractivity (Wildman–Crippen MR) is 130 cm³/mol. The zero-order chi connectivity index (χ0) is 24.0. The predicted octanol–water partition coefficient (Wildman–Crippen LogP) is 5.68. The van der Waals surface area contributed by atoms with Crippen molar-refractivity contribution < 1.29 is 28.6 Å². The van der Waals surface area contributed by atoms with E-state index in [1.807, 2.05) is 6.92 Å². The SMILES string of the molecule is CCOC(=O)COc1cc(Br)c(/C=C2/SC(=O)N(Cc3ccc(Cl)cc3)C2=O)cc1OCC. The number of rotatable bonds is 9. The van der Waals surface area contributed by atoms with E-state index in [-0.39, 0.29) is 35.8 Å². The second kappa shape index (κ2) is 11.6. The van der Waals surface area contributed by atoms with E-state index in [4.69, 9.17) is 25.8 Å². The summed E-state index contributed by atoms with van der Waals surface area (Å²) < 4.78 is 16.7. The van der Waals surface area contributed by atoms with Crippen LogP contribution < -0.4 is 9.47 Å². The Morgan fingerprint density at radius 1 is 1.09 bits per heavy atom. The van der Waals surface area contributed by atoms with E-state index in [1.54, 1.807) is 49.4 Å². The minimum Gasteiger partial charge on any atom is -0.490 e. The van der Waals surface area contributed by atoms with Gasteiger partial charge in [-0.3, -0.25) is 14.5 Å². The summed E-state index contributed by atoms with van der Waals surface area (Å²) in [6, 6.07) is 10.3. The molecule has 33 heavy (non-hydrogen) atoms. The Morgan fingerprint density at radius 3 is 2.45 bits per heavy atom. The Labute approximate surface area is 209 Å². The number of esters is 1. The molecule has 0 radical (unpaired) electrons. The molecule has 1 aliphatic rings. The number of nitrogens with zero attached hydrogens (tertiary/aromatic N) is 1. The van der Waals surface area contributed by atoms with Crippen LogP contribution in [0.2, 0.25) is 5.02 Å². The third kappa shape index (κ3) is 6.52. The van der Waals surface area contributed by atoms with E-state index in [0.717, 1.165) is 17.3 Å². The molecule has 2 aromatic rings. The van der Waals surface area contributed by atoms with Gasteiger partial charge < -0.3 is 14.2 Å². The Bertz CT molecular complexity index is 1090. The summed E-state index contributed by atoms with van der Waals surface area (Å²) >= 11 is 10.2. The molecule has 0 bridgehead atoms. The standard InChI is InChI=1S/C23H21BrClNO6S/c1-3-30-18-9-15(17(24)11-19(18)32-13-21(27)31-4-2)10-20-22(28)26(23(29)33-20)12-14-5-7-16(25)8-6-14/h5-11H,3-4,12-13H2,1-2H3/b20-10+. The second-order valence-electron chi connectivity index (χ2n) is 6.74. The van der Waals surface area contributed by atoms with Crippen molar-refractivity contribution in [3.63, 3.8) is 0 Å². The largest absolute Gasteiger partial charge is 0.490 e. The van der Waals surface area contributed by atoms with Gasteiger partial charge in [0.05, 0.1) is 24.7 Å². The number of amides is 2. The summed E-state index contributed by atoms with van der Waals surface area (Å²) in [5.41, 5.74) is 1.42. The topological polar surface area (TPSA) is 82.1 Å². The molecule has 7 nitrogen and oxygen atoms in total. The highest BCUT2D eigenvalue weighted by Gasteiger charge is 2.35. The van der Waals surface area contributed by atoms with Crippen molar-refractivity contribution >= 4 is 62.5 Å². The van der Waals surface area contributed by atoms with Gasteiger partial charge in [-0.1, -0.05) is 39.7 Å². The lowest BCUT2D eigenvalue weighted by atomic mass is 10.1. The maximum Gasteiger partial charge on any atom is 0.344 e. The maximum absolute atomic E-state index is 12.9. The summed E-state index contributed by atoms with van der Waals surface area (Å²) in [5, 5.41) is 0.231. The molecule has 174 valence electrons. The van der Waals surface area contributed by atoms with Gasteiger partial charge in [0, 0.05) is 9.50 Å². The van der Waals surface area contributed by atoms with Crippen molar-refractivity contribution in [2.45, 2.75) is 20.4 Å². The number of imide groups is 1. The van der Waals surface area contributed by atoms with Crippen LogP contribution in [0.4, 0.5) is 4.79 Å². The third-order valence-corrected chi connectivity index (χ3v) is 6.27. The Hall–Kier alpha value is -2.49. The van der Waals surface area contributed by atoms with Crippen LogP contribution >= 0.6 is 39.3 Å². The summed E-state index contributed by atoms with van der Waals surface area (Å²) in [4.78, 5) is 38.5. The molecule has 0 atom stereocenters. The van der Waals surface area contributed by atoms with Crippen molar-refractivity contribution in [2.75, 3.05) is 19.8 Å². The number of carbonyl (C=O) groups is 3. The molecular weight excluding hydrogens is 534 g/mol. The summed E-state index contributed by atoms with van der Waals surface area (Å²) in [6.07, 6.45) is 1.62. The van der Waals surface area contributed by atoms with Gasteiger partial charge in [0.25, 0.3) is 11.1 Å². The quantitative estimate of drug-likeness (QED) is 0.291. The highest BCUT2D eigenvalue weighted by Crippen LogP contribution is 2.38. The molecule has 1 heterocycles. The lowest BCUT2D eigenvalue weighted by molar-refractivity contribution is -0.145. The highest BCUT2D eigenvalue weighted by molar-refractivity contribution is 9.10. The molecular formula is C23H21BrClNO6S. The Balaban J connectivity index is 1.81. The van der Waals surface area contributed by atoms with Crippen molar-refractivity contribution in [1.29, 1.82) is 0 Å². The molecule has 1 aliphatic heterocycles. The lowest BCUT2D eigenvalue weighted by Gasteiger charge is -2.14. The zero-order valence-corrected chi connectivity index (χ0v) is 21.1. The van der Waals surface area contributed by atoms with Crippen LogP contribution in [0.3, 0.4) is 0 Å². The smallest absolute Gasteiger partial charge is 0.344 e. The number of carbonyl (C=O) groups excluding carboxylic acids is 3. The first-order valence-electron chi connectivity index (χ1n) is 10.1. The van der Waals surface area contributed by atoms with E-state index >= 15 is 0 Å². The molecule has 0 aromatic heterocycles. The molecule has 10 heteroatoms. The van der Waals surface area contributed by atoms with E-state index < -0.39 is 5.97 Å². The van der Waals surface area contributed by atoms with Gasteiger partial charge in [-0.25, -0.2) is 4.79 Å². The van der Waals surface area contributed by atoms with Crippen molar-refractivity contribution in [3.05, 3.63) is 61.9 Å². The fourth-order valence-corrected chi connectivity index (χ4v) is 4.32. The third-order valence-electron chi connectivity index (χ3n) is 4.43. The number of halogens is 2. The van der Waals surface area contributed by atoms with Crippen LogP contribution in [0.25, 0.3) is 6.08 Å². The molecule has 0 saturated carbocycles. The molecule has 1 fully saturated rings. The average Bonchev–Trinajstić information content (AvgIpc) is 3.04. The van der Waals surface area contributed by atoms with Gasteiger partial charge in [-0.15, -0.1) is 0 Å². The van der Waals surface area contributed by atoms with Crippen LogP contribution in [0.15, 0.2) is 45.8 Å². The maximum atomic E-state index is 12.9. The summed E-state index contributed by atoms with van der Waals surface area (Å²) in [5.74, 6) is -0.122. The first kappa shape index (κ1) is 25.1. The molecule has 2 amide bonds. The van der Waals surface area contributed by atoms with E-state index in [0.29, 0.717) is 33.2 Å². The van der Waals surface area contributed by atoms with E-state index in [2.05, 4.69) is 15.9 Å². The number of ether oxygens (including phenoxy) is 3. The van der Waals surface area contributed by atoms with Gasteiger partial charge in [-0.2, -0.15) is 0 Å². The highest BCUT2D eigenvalue weighted by atomic mass is 79.9. The van der Waals surface area contributed by atoms with Gasteiger partial charge in [0.15, 0.2) is 18.1 Å². The molecule has 0 N–H and O–H groups in total. The van der Waals surface area contributed by atoms with Crippen LogP contribution in [0.5, 0.6) is 11.5 Å². The monoisotopic (exact) mass is 553 g/mol. The number of thioether (sulfide) groups is 1. The number of hydrogen-bond acceptors (Lipinski definition) is 7. The van der Waals surface area contributed by atoms with Crippen molar-refractivity contribution in [1.82, 2.24) is 4.90 Å². The van der Waals surface area contributed by atoms with Gasteiger partial charge in [-0.05, 0) is 67.1 Å². The number of hydrogen-bond donors (Lipinski definition) is 0. The van der Waals surface area contributed by atoms with Crippen molar-refractivity contribution in [2.24, 2.45) is 0 Å².